The molecule has 0 aliphatic rings. The molecule has 1 atom stereocenters. The number of hydrogen-bond acceptors (Lipinski definition) is 2. The molecule has 1 unspecified atom stereocenters. The third-order valence-electron chi connectivity index (χ3n) is 4.41. The molecule has 0 aliphatic carbocycles. The Labute approximate surface area is 122 Å². The normalized spacial score (nSPS) is 14.3. The number of Topliss-reactive ketones (excluding diaryl/α,β-unsaturated/α-hetero) is 1. The Hall–Kier alpha value is -1.22. The summed E-state index contributed by atoms with van der Waals surface area (Å²) in [5, 5.41) is 0. The summed E-state index contributed by atoms with van der Waals surface area (Å²) < 4.78 is 13.1. The maximum absolute atomic E-state index is 13.1. The standard InChI is InChI=1S/C17H26FNO/c1-6-17(5,19(7-2)8-3)16(20)12-14-9-10-15(18)11-13(14)4/h9-11H,6-8,12H2,1-5H3. The average Bonchev–Trinajstić information content (AvgIpc) is 2.42. The fourth-order valence-electron chi connectivity index (χ4n) is 2.74. The Morgan fingerprint density at radius 3 is 2.30 bits per heavy atom. The first-order valence-electron chi connectivity index (χ1n) is 7.42. The second-order valence-electron chi connectivity index (χ2n) is 5.47. The Kier molecular flexibility index (Phi) is 5.88. The molecule has 112 valence electrons. The lowest BCUT2D eigenvalue weighted by Crippen LogP contribution is -2.52. The zero-order valence-electron chi connectivity index (χ0n) is 13.3. The molecule has 0 fully saturated rings. The highest BCUT2D eigenvalue weighted by Crippen LogP contribution is 2.23. The van der Waals surface area contributed by atoms with Gasteiger partial charge in [-0.05, 0) is 56.6 Å². The summed E-state index contributed by atoms with van der Waals surface area (Å²) in [6.07, 6.45) is 1.15. The molecule has 20 heavy (non-hydrogen) atoms. The fraction of sp³-hybridized carbons (Fsp3) is 0.588. The monoisotopic (exact) mass is 279 g/mol. The van der Waals surface area contributed by atoms with Crippen LogP contribution in [0.5, 0.6) is 0 Å². The third-order valence-corrected chi connectivity index (χ3v) is 4.41. The molecule has 0 aliphatic heterocycles. The molecular weight excluding hydrogens is 253 g/mol. The van der Waals surface area contributed by atoms with Crippen LogP contribution in [-0.2, 0) is 11.2 Å². The van der Waals surface area contributed by atoms with Gasteiger partial charge in [-0.3, -0.25) is 9.69 Å². The molecule has 1 aromatic rings. The van der Waals surface area contributed by atoms with E-state index in [1.165, 1.54) is 12.1 Å². The first-order valence-corrected chi connectivity index (χ1v) is 7.42. The van der Waals surface area contributed by atoms with Crippen LogP contribution >= 0.6 is 0 Å². The second kappa shape index (κ2) is 6.98. The van der Waals surface area contributed by atoms with Crippen LogP contribution in [0.2, 0.25) is 0 Å². The number of hydrogen-bond donors (Lipinski definition) is 0. The van der Waals surface area contributed by atoms with Gasteiger partial charge in [-0.1, -0.05) is 26.8 Å². The van der Waals surface area contributed by atoms with Crippen LogP contribution in [0.1, 0.15) is 45.2 Å². The van der Waals surface area contributed by atoms with E-state index in [4.69, 9.17) is 0 Å². The highest BCUT2D eigenvalue weighted by atomic mass is 19.1. The summed E-state index contributed by atoms with van der Waals surface area (Å²) in [6, 6.07) is 4.64. The smallest absolute Gasteiger partial charge is 0.157 e. The van der Waals surface area contributed by atoms with E-state index >= 15 is 0 Å². The van der Waals surface area contributed by atoms with Crippen molar-refractivity contribution in [3.05, 3.63) is 35.1 Å². The molecule has 1 rings (SSSR count). The van der Waals surface area contributed by atoms with Crippen LogP contribution in [0.15, 0.2) is 18.2 Å². The van der Waals surface area contributed by atoms with Gasteiger partial charge in [0.2, 0.25) is 0 Å². The number of halogens is 1. The Morgan fingerprint density at radius 2 is 1.85 bits per heavy atom. The number of nitrogens with zero attached hydrogens (tertiary/aromatic N) is 1. The summed E-state index contributed by atoms with van der Waals surface area (Å²) in [6.45, 7) is 11.8. The topological polar surface area (TPSA) is 20.3 Å². The molecule has 0 heterocycles. The van der Waals surface area contributed by atoms with Crippen molar-refractivity contribution in [3.8, 4) is 0 Å². The van der Waals surface area contributed by atoms with Crippen molar-refractivity contribution in [1.82, 2.24) is 4.90 Å². The van der Waals surface area contributed by atoms with Crippen molar-refractivity contribution in [1.29, 1.82) is 0 Å². The van der Waals surface area contributed by atoms with E-state index in [9.17, 15) is 9.18 Å². The zero-order chi connectivity index (χ0) is 15.3. The summed E-state index contributed by atoms with van der Waals surface area (Å²) in [5.41, 5.74) is 1.32. The average molecular weight is 279 g/mol. The van der Waals surface area contributed by atoms with Gasteiger partial charge in [0.05, 0.1) is 5.54 Å². The molecule has 0 bridgehead atoms. The van der Waals surface area contributed by atoms with Crippen molar-refractivity contribution < 1.29 is 9.18 Å². The van der Waals surface area contributed by atoms with Crippen molar-refractivity contribution in [2.24, 2.45) is 0 Å². The molecule has 0 aromatic heterocycles. The van der Waals surface area contributed by atoms with E-state index in [2.05, 4.69) is 18.7 Å². The van der Waals surface area contributed by atoms with E-state index in [0.717, 1.165) is 30.6 Å². The first kappa shape index (κ1) is 16.8. The van der Waals surface area contributed by atoms with Gasteiger partial charge in [-0.15, -0.1) is 0 Å². The zero-order valence-corrected chi connectivity index (χ0v) is 13.3. The van der Waals surface area contributed by atoms with Gasteiger partial charge in [0.15, 0.2) is 5.78 Å². The largest absolute Gasteiger partial charge is 0.297 e. The van der Waals surface area contributed by atoms with E-state index in [1.807, 2.05) is 20.8 Å². The van der Waals surface area contributed by atoms with E-state index in [0.29, 0.717) is 6.42 Å². The predicted molar refractivity (Wildman–Crippen MR) is 81.5 cm³/mol. The molecule has 0 spiro atoms. The van der Waals surface area contributed by atoms with Crippen LogP contribution in [-0.4, -0.2) is 29.3 Å². The minimum atomic E-state index is -0.440. The van der Waals surface area contributed by atoms with Crippen molar-refractivity contribution >= 4 is 5.78 Å². The minimum absolute atomic E-state index is 0.207. The highest BCUT2D eigenvalue weighted by molar-refractivity contribution is 5.90. The predicted octanol–water partition coefficient (Wildman–Crippen LogP) is 3.76. The number of ketones is 1. The molecular formula is C17H26FNO. The molecule has 0 saturated heterocycles. The summed E-state index contributed by atoms with van der Waals surface area (Å²) in [7, 11) is 0. The third kappa shape index (κ3) is 3.45. The van der Waals surface area contributed by atoms with E-state index in [-0.39, 0.29) is 11.6 Å². The maximum Gasteiger partial charge on any atom is 0.157 e. The Balaban J connectivity index is 2.97. The van der Waals surface area contributed by atoms with E-state index < -0.39 is 5.54 Å². The molecule has 1 aromatic carbocycles. The molecule has 0 N–H and O–H groups in total. The van der Waals surface area contributed by atoms with Crippen LogP contribution in [0.3, 0.4) is 0 Å². The molecule has 0 radical (unpaired) electrons. The Morgan fingerprint density at radius 1 is 1.25 bits per heavy atom. The number of likely N-dealkylation sites (N-methyl/N-ethyl adjacent to an activating group) is 1. The van der Waals surface area contributed by atoms with Gasteiger partial charge in [0, 0.05) is 6.42 Å². The summed E-state index contributed by atoms with van der Waals surface area (Å²) in [5.74, 6) is -0.0425. The van der Waals surface area contributed by atoms with E-state index in [1.54, 1.807) is 6.07 Å². The van der Waals surface area contributed by atoms with Gasteiger partial charge >= 0.3 is 0 Å². The molecule has 0 saturated carbocycles. The van der Waals surface area contributed by atoms with Gasteiger partial charge in [0.25, 0.3) is 0 Å². The van der Waals surface area contributed by atoms with Crippen molar-refractivity contribution in [2.75, 3.05) is 13.1 Å². The van der Waals surface area contributed by atoms with Gasteiger partial charge in [-0.25, -0.2) is 4.39 Å². The lowest BCUT2D eigenvalue weighted by molar-refractivity contribution is -0.129. The maximum atomic E-state index is 13.1. The van der Waals surface area contributed by atoms with Gasteiger partial charge < -0.3 is 0 Å². The van der Waals surface area contributed by atoms with Crippen LogP contribution < -0.4 is 0 Å². The fourth-order valence-corrected chi connectivity index (χ4v) is 2.74. The second-order valence-corrected chi connectivity index (χ2v) is 5.47. The van der Waals surface area contributed by atoms with Gasteiger partial charge in [0.1, 0.15) is 5.82 Å². The Bertz CT molecular complexity index is 468. The van der Waals surface area contributed by atoms with Crippen LogP contribution in [0.4, 0.5) is 4.39 Å². The number of benzene rings is 1. The summed E-state index contributed by atoms with van der Waals surface area (Å²) >= 11 is 0. The number of carbonyl (C=O) groups is 1. The van der Waals surface area contributed by atoms with Crippen molar-refractivity contribution in [2.45, 2.75) is 53.0 Å². The lowest BCUT2D eigenvalue weighted by atomic mass is 9.86. The van der Waals surface area contributed by atoms with Crippen LogP contribution in [0.25, 0.3) is 0 Å². The first-order chi connectivity index (χ1) is 9.38. The lowest BCUT2D eigenvalue weighted by Gasteiger charge is -2.38. The molecule has 2 nitrogen and oxygen atoms in total. The summed E-state index contributed by atoms with van der Waals surface area (Å²) in [4.78, 5) is 14.9. The molecule has 0 amide bonds. The van der Waals surface area contributed by atoms with Crippen molar-refractivity contribution in [3.63, 3.8) is 0 Å². The number of aryl methyl sites for hydroxylation is 1. The van der Waals surface area contributed by atoms with Gasteiger partial charge in [-0.2, -0.15) is 0 Å². The highest BCUT2D eigenvalue weighted by Gasteiger charge is 2.35. The molecule has 3 heteroatoms. The number of carbonyl (C=O) groups excluding carboxylic acids is 1. The minimum Gasteiger partial charge on any atom is -0.297 e. The SMILES string of the molecule is CCN(CC)C(C)(CC)C(=O)Cc1ccc(F)cc1C. The number of rotatable bonds is 7. The quantitative estimate of drug-likeness (QED) is 0.757. The van der Waals surface area contributed by atoms with Crippen LogP contribution in [0, 0.1) is 12.7 Å².